The Morgan fingerprint density at radius 1 is 1.37 bits per heavy atom. The molecule has 100 valence electrons. The molecule has 0 radical (unpaired) electrons. The lowest BCUT2D eigenvalue weighted by molar-refractivity contribution is 0.0696. The van der Waals surface area contributed by atoms with Gasteiger partial charge in [-0.25, -0.2) is 9.18 Å². The normalized spacial score (nSPS) is 10.7. The van der Waals surface area contributed by atoms with Gasteiger partial charge in [0.15, 0.2) is 0 Å². The van der Waals surface area contributed by atoms with Crippen molar-refractivity contribution in [1.82, 2.24) is 4.57 Å². The molecule has 1 aromatic carbocycles. The number of benzene rings is 1. The Kier molecular flexibility index (Phi) is 3.62. The van der Waals surface area contributed by atoms with Gasteiger partial charge in [-0.3, -0.25) is 0 Å². The Morgan fingerprint density at radius 3 is 2.58 bits per heavy atom. The van der Waals surface area contributed by atoms with Crippen LogP contribution in [0.2, 0.25) is 5.02 Å². The second-order valence-corrected chi connectivity index (χ2v) is 4.83. The van der Waals surface area contributed by atoms with E-state index < -0.39 is 11.8 Å². The minimum Gasteiger partial charge on any atom is -0.478 e. The van der Waals surface area contributed by atoms with E-state index in [1.54, 1.807) is 25.1 Å². The number of halogens is 2. The van der Waals surface area contributed by atoms with Crippen molar-refractivity contribution in [2.75, 3.05) is 0 Å². The lowest BCUT2D eigenvalue weighted by Gasteiger charge is -2.10. The Balaban J connectivity index is 2.38. The summed E-state index contributed by atoms with van der Waals surface area (Å²) in [5.41, 5.74) is 2.62. The van der Waals surface area contributed by atoms with Gasteiger partial charge in [0.2, 0.25) is 0 Å². The third kappa shape index (κ3) is 2.63. The average molecular weight is 282 g/mol. The van der Waals surface area contributed by atoms with E-state index in [2.05, 4.69) is 0 Å². The first-order valence-corrected chi connectivity index (χ1v) is 6.12. The molecule has 1 aromatic heterocycles. The zero-order chi connectivity index (χ0) is 14.2. The van der Waals surface area contributed by atoms with E-state index in [1.165, 1.54) is 6.07 Å². The summed E-state index contributed by atoms with van der Waals surface area (Å²) in [6, 6.07) is 6.13. The maximum Gasteiger partial charge on any atom is 0.337 e. The molecular weight excluding hydrogens is 269 g/mol. The molecule has 5 heteroatoms. The highest BCUT2D eigenvalue weighted by molar-refractivity contribution is 6.30. The average Bonchev–Trinajstić information content (AvgIpc) is 2.62. The highest BCUT2D eigenvalue weighted by atomic mass is 35.5. The van der Waals surface area contributed by atoms with Gasteiger partial charge in [-0.15, -0.1) is 0 Å². The van der Waals surface area contributed by atoms with Crippen LogP contribution < -0.4 is 0 Å². The van der Waals surface area contributed by atoms with Crippen LogP contribution >= 0.6 is 11.6 Å². The molecule has 0 saturated heterocycles. The van der Waals surface area contributed by atoms with Crippen LogP contribution in [0.5, 0.6) is 0 Å². The predicted molar refractivity (Wildman–Crippen MR) is 71.4 cm³/mol. The quantitative estimate of drug-likeness (QED) is 0.933. The van der Waals surface area contributed by atoms with Crippen molar-refractivity contribution in [1.29, 1.82) is 0 Å². The van der Waals surface area contributed by atoms with E-state index in [0.29, 0.717) is 12.2 Å². The van der Waals surface area contributed by atoms with Gasteiger partial charge in [0.25, 0.3) is 0 Å². The standard InChI is InChI=1S/C14H13ClFNO2/c1-8-5-11(14(18)19)9(2)17(8)7-10-3-4-13(16)12(15)6-10/h3-6H,7H2,1-2H3,(H,18,19). The number of hydrogen-bond acceptors (Lipinski definition) is 1. The summed E-state index contributed by atoms with van der Waals surface area (Å²) in [6.45, 7) is 4.05. The number of aromatic nitrogens is 1. The van der Waals surface area contributed by atoms with Gasteiger partial charge in [0.05, 0.1) is 10.6 Å². The lowest BCUT2D eigenvalue weighted by Crippen LogP contribution is -2.06. The number of aromatic carboxylic acids is 1. The number of carboxylic acid groups (broad SMARTS) is 1. The first-order valence-electron chi connectivity index (χ1n) is 5.74. The van der Waals surface area contributed by atoms with Gasteiger partial charge in [-0.2, -0.15) is 0 Å². The molecule has 1 heterocycles. The molecule has 0 saturated carbocycles. The SMILES string of the molecule is Cc1cc(C(=O)O)c(C)n1Cc1ccc(F)c(Cl)c1. The number of carbonyl (C=O) groups is 1. The summed E-state index contributed by atoms with van der Waals surface area (Å²) in [6.07, 6.45) is 0. The van der Waals surface area contributed by atoms with Crippen molar-refractivity contribution in [2.24, 2.45) is 0 Å². The minimum atomic E-state index is -0.948. The molecule has 0 unspecified atom stereocenters. The summed E-state index contributed by atoms with van der Waals surface area (Å²) < 4.78 is 15.0. The molecule has 0 fully saturated rings. The van der Waals surface area contributed by atoms with Crippen molar-refractivity contribution in [3.63, 3.8) is 0 Å². The molecule has 19 heavy (non-hydrogen) atoms. The molecular formula is C14H13ClFNO2. The fourth-order valence-corrected chi connectivity index (χ4v) is 2.28. The molecule has 0 aliphatic carbocycles. The fourth-order valence-electron chi connectivity index (χ4n) is 2.08. The lowest BCUT2D eigenvalue weighted by atomic mass is 10.2. The summed E-state index contributed by atoms with van der Waals surface area (Å²) in [5.74, 6) is -1.41. The van der Waals surface area contributed by atoms with Crippen molar-refractivity contribution in [2.45, 2.75) is 20.4 Å². The first kappa shape index (κ1) is 13.6. The van der Waals surface area contributed by atoms with E-state index in [1.807, 2.05) is 11.5 Å². The number of hydrogen-bond donors (Lipinski definition) is 1. The van der Waals surface area contributed by atoms with E-state index in [4.69, 9.17) is 16.7 Å². The minimum absolute atomic E-state index is 0.0680. The third-order valence-corrected chi connectivity index (χ3v) is 3.42. The van der Waals surface area contributed by atoms with Crippen molar-refractivity contribution in [3.05, 3.63) is 57.6 Å². The zero-order valence-corrected chi connectivity index (χ0v) is 11.3. The zero-order valence-electron chi connectivity index (χ0n) is 10.6. The van der Waals surface area contributed by atoms with Gasteiger partial charge in [0.1, 0.15) is 5.82 Å². The summed E-state index contributed by atoms with van der Waals surface area (Å²) in [7, 11) is 0. The smallest absolute Gasteiger partial charge is 0.337 e. The van der Waals surface area contributed by atoms with Gasteiger partial charge >= 0.3 is 5.97 Å². The van der Waals surface area contributed by atoms with Gasteiger partial charge in [-0.1, -0.05) is 17.7 Å². The molecule has 0 atom stereocenters. The highest BCUT2D eigenvalue weighted by Crippen LogP contribution is 2.20. The molecule has 0 spiro atoms. The van der Waals surface area contributed by atoms with Gasteiger partial charge in [0, 0.05) is 17.9 Å². The van der Waals surface area contributed by atoms with E-state index in [-0.39, 0.29) is 10.6 Å². The monoisotopic (exact) mass is 281 g/mol. The van der Waals surface area contributed by atoms with Gasteiger partial charge < -0.3 is 9.67 Å². The predicted octanol–water partition coefficient (Wildman–Crippen LogP) is 3.64. The van der Waals surface area contributed by atoms with Crippen molar-refractivity contribution < 1.29 is 14.3 Å². The Morgan fingerprint density at radius 2 is 2.05 bits per heavy atom. The second kappa shape index (κ2) is 5.05. The number of rotatable bonds is 3. The van der Waals surface area contributed by atoms with Crippen LogP contribution in [0.4, 0.5) is 4.39 Å². The Labute approximate surface area is 115 Å². The summed E-state index contributed by atoms with van der Waals surface area (Å²) >= 11 is 5.74. The van der Waals surface area contributed by atoms with Crippen LogP contribution in [-0.2, 0) is 6.54 Å². The first-order chi connectivity index (χ1) is 8.90. The van der Waals surface area contributed by atoms with Crippen molar-refractivity contribution in [3.8, 4) is 0 Å². The van der Waals surface area contributed by atoms with Crippen molar-refractivity contribution >= 4 is 17.6 Å². The largest absolute Gasteiger partial charge is 0.478 e. The molecule has 0 aliphatic rings. The molecule has 1 N–H and O–H groups in total. The van der Waals surface area contributed by atoms with Gasteiger partial charge in [-0.05, 0) is 37.6 Å². The van der Waals surface area contributed by atoms with E-state index in [0.717, 1.165) is 11.3 Å². The second-order valence-electron chi connectivity index (χ2n) is 4.42. The molecule has 0 bridgehead atoms. The van der Waals surface area contributed by atoms with Crippen LogP contribution in [0.3, 0.4) is 0 Å². The Bertz CT molecular complexity index is 649. The third-order valence-electron chi connectivity index (χ3n) is 3.13. The maximum absolute atomic E-state index is 13.1. The summed E-state index contributed by atoms with van der Waals surface area (Å²) in [4.78, 5) is 11.1. The van der Waals surface area contributed by atoms with Crippen LogP contribution in [0.1, 0.15) is 27.3 Å². The molecule has 3 nitrogen and oxygen atoms in total. The number of nitrogens with zero attached hydrogens (tertiary/aromatic N) is 1. The number of carboxylic acids is 1. The molecule has 0 amide bonds. The topological polar surface area (TPSA) is 42.2 Å². The summed E-state index contributed by atoms with van der Waals surface area (Å²) in [5, 5.41) is 9.13. The highest BCUT2D eigenvalue weighted by Gasteiger charge is 2.14. The van der Waals surface area contributed by atoms with Crippen LogP contribution in [-0.4, -0.2) is 15.6 Å². The maximum atomic E-state index is 13.1. The molecule has 2 aromatic rings. The Hall–Kier alpha value is -1.81. The number of aryl methyl sites for hydroxylation is 1. The molecule has 0 aliphatic heterocycles. The van der Waals surface area contributed by atoms with E-state index >= 15 is 0 Å². The van der Waals surface area contributed by atoms with E-state index in [9.17, 15) is 9.18 Å². The van der Waals surface area contributed by atoms with Crippen LogP contribution in [0.15, 0.2) is 24.3 Å². The van der Waals surface area contributed by atoms with Crippen LogP contribution in [0, 0.1) is 19.7 Å². The van der Waals surface area contributed by atoms with Crippen LogP contribution in [0.25, 0.3) is 0 Å². The fraction of sp³-hybridized carbons (Fsp3) is 0.214. The molecule has 2 rings (SSSR count).